The Bertz CT molecular complexity index is 626. The van der Waals surface area contributed by atoms with Gasteiger partial charge in [0.25, 0.3) is 0 Å². The summed E-state index contributed by atoms with van der Waals surface area (Å²) < 4.78 is 5.45. The molecule has 3 nitrogen and oxygen atoms in total. The molecule has 0 spiro atoms. The van der Waals surface area contributed by atoms with Crippen LogP contribution in [0.15, 0.2) is 24.3 Å². The maximum atomic E-state index is 5.45. The molecule has 0 amide bonds. The van der Waals surface area contributed by atoms with Crippen LogP contribution in [0.4, 0.5) is 0 Å². The lowest BCUT2D eigenvalue weighted by Crippen LogP contribution is -2.24. The van der Waals surface area contributed by atoms with Crippen molar-refractivity contribution < 1.29 is 4.74 Å². The average Bonchev–Trinajstić information content (AvgIpc) is 3.00. The normalized spacial score (nSPS) is 16.7. The highest BCUT2D eigenvalue weighted by Gasteiger charge is 2.15. The number of H-pyrrole nitrogens is 1. The van der Waals surface area contributed by atoms with Crippen molar-refractivity contribution in [2.75, 3.05) is 26.8 Å². The number of aromatic nitrogens is 1. The first-order valence-electron chi connectivity index (χ1n) is 9.00. The molecule has 0 aliphatic carbocycles. The van der Waals surface area contributed by atoms with E-state index in [0.717, 1.165) is 25.7 Å². The summed E-state index contributed by atoms with van der Waals surface area (Å²) in [6.45, 7) is 8.58. The number of ether oxygens (including phenoxy) is 1. The molecule has 0 unspecified atom stereocenters. The van der Waals surface area contributed by atoms with E-state index >= 15 is 0 Å². The molecule has 1 fully saturated rings. The number of aromatic amines is 1. The van der Waals surface area contributed by atoms with Gasteiger partial charge in [0.05, 0.1) is 0 Å². The van der Waals surface area contributed by atoms with Crippen molar-refractivity contribution in [3.05, 3.63) is 35.5 Å². The van der Waals surface area contributed by atoms with E-state index in [0.29, 0.717) is 5.92 Å². The Kier molecular flexibility index (Phi) is 5.39. The fourth-order valence-electron chi connectivity index (χ4n) is 3.50. The predicted molar refractivity (Wildman–Crippen MR) is 96.9 cm³/mol. The third-order valence-electron chi connectivity index (χ3n) is 5.10. The van der Waals surface area contributed by atoms with Crippen molar-refractivity contribution in [2.24, 2.45) is 5.92 Å². The first-order valence-corrected chi connectivity index (χ1v) is 9.00. The van der Waals surface area contributed by atoms with E-state index in [2.05, 4.69) is 55.0 Å². The van der Waals surface area contributed by atoms with Crippen LogP contribution in [0.5, 0.6) is 0 Å². The zero-order valence-corrected chi connectivity index (χ0v) is 14.8. The highest BCUT2D eigenvalue weighted by atomic mass is 16.5. The fraction of sp³-hybridized carbons (Fsp3) is 0.600. The summed E-state index contributed by atoms with van der Waals surface area (Å²) in [5.41, 5.74) is 4.03. The van der Waals surface area contributed by atoms with Gasteiger partial charge in [-0.15, -0.1) is 0 Å². The van der Waals surface area contributed by atoms with Crippen molar-refractivity contribution in [3.8, 4) is 0 Å². The molecular formula is C20H30N2O. The largest absolute Gasteiger partial charge is 0.381 e. The summed E-state index contributed by atoms with van der Waals surface area (Å²) in [4.78, 5) is 6.02. The van der Waals surface area contributed by atoms with Gasteiger partial charge in [-0.3, -0.25) is 0 Å². The van der Waals surface area contributed by atoms with Crippen molar-refractivity contribution in [3.63, 3.8) is 0 Å². The molecule has 0 bridgehead atoms. The number of benzene rings is 1. The van der Waals surface area contributed by atoms with Gasteiger partial charge in [0, 0.05) is 36.4 Å². The second kappa shape index (κ2) is 7.50. The van der Waals surface area contributed by atoms with Gasteiger partial charge in [0.15, 0.2) is 0 Å². The Balaban J connectivity index is 1.63. The lowest BCUT2D eigenvalue weighted by atomic mass is 9.96. The summed E-state index contributed by atoms with van der Waals surface area (Å²) in [7, 11) is 2.24. The monoisotopic (exact) mass is 314 g/mol. The van der Waals surface area contributed by atoms with Crippen LogP contribution in [0.25, 0.3) is 10.9 Å². The topological polar surface area (TPSA) is 28.3 Å². The number of fused-ring (bicyclic) bond motifs is 1. The Morgan fingerprint density at radius 1 is 1.26 bits per heavy atom. The zero-order chi connectivity index (χ0) is 16.2. The molecule has 23 heavy (non-hydrogen) atoms. The second-order valence-corrected chi connectivity index (χ2v) is 7.34. The zero-order valence-electron chi connectivity index (χ0n) is 14.8. The van der Waals surface area contributed by atoms with Gasteiger partial charge in [-0.2, -0.15) is 0 Å². The molecule has 2 heterocycles. The van der Waals surface area contributed by atoms with E-state index in [1.807, 2.05) is 0 Å². The van der Waals surface area contributed by atoms with Gasteiger partial charge in [-0.1, -0.05) is 26.0 Å². The molecule has 126 valence electrons. The van der Waals surface area contributed by atoms with Crippen LogP contribution in [0.1, 0.15) is 50.3 Å². The third kappa shape index (κ3) is 4.15. The van der Waals surface area contributed by atoms with Gasteiger partial charge >= 0.3 is 0 Å². The molecular weight excluding hydrogens is 284 g/mol. The number of rotatable bonds is 6. The summed E-state index contributed by atoms with van der Waals surface area (Å²) in [6.07, 6.45) is 3.76. The molecule has 1 saturated heterocycles. The SMILES string of the molecule is CC(C)c1cc2c(CN(C)CCC3CCOCC3)cccc2[nH]1. The van der Waals surface area contributed by atoms with E-state index in [1.165, 1.54) is 48.0 Å². The first kappa shape index (κ1) is 16.5. The molecule has 3 rings (SSSR count). The van der Waals surface area contributed by atoms with Crippen LogP contribution in [-0.4, -0.2) is 36.7 Å². The molecule has 3 heteroatoms. The lowest BCUT2D eigenvalue weighted by molar-refractivity contribution is 0.0608. The van der Waals surface area contributed by atoms with E-state index in [1.54, 1.807) is 0 Å². The van der Waals surface area contributed by atoms with E-state index in [4.69, 9.17) is 4.74 Å². The van der Waals surface area contributed by atoms with Crippen molar-refractivity contribution >= 4 is 10.9 Å². The van der Waals surface area contributed by atoms with Gasteiger partial charge in [0.1, 0.15) is 0 Å². The van der Waals surface area contributed by atoms with Gasteiger partial charge in [0.2, 0.25) is 0 Å². The number of hydrogen-bond donors (Lipinski definition) is 1. The predicted octanol–water partition coefficient (Wildman–Crippen LogP) is 4.54. The lowest BCUT2D eigenvalue weighted by Gasteiger charge is -2.25. The minimum Gasteiger partial charge on any atom is -0.381 e. The first-order chi connectivity index (χ1) is 11.1. The highest BCUT2D eigenvalue weighted by molar-refractivity contribution is 5.84. The molecule has 1 aromatic carbocycles. The third-order valence-corrected chi connectivity index (χ3v) is 5.10. The Labute approximate surface area is 140 Å². The summed E-state index contributed by atoms with van der Waals surface area (Å²) in [5, 5.41) is 1.38. The minimum absolute atomic E-state index is 0.543. The maximum Gasteiger partial charge on any atom is 0.0468 e. The van der Waals surface area contributed by atoms with Crippen LogP contribution >= 0.6 is 0 Å². The number of nitrogens with zero attached hydrogens (tertiary/aromatic N) is 1. The summed E-state index contributed by atoms with van der Waals surface area (Å²) >= 11 is 0. The van der Waals surface area contributed by atoms with E-state index < -0.39 is 0 Å². The van der Waals surface area contributed by atoms with Crippen LogP contribution in [-0.2, 0) is 11.3 Å². The standard InChI is InChI=1S/C20H30N2O/c1-15(2)20-13-18-17(5-4-6-19(18)21-20)14-22(3)10-7-16-8-11-23-12-9-16/h4-6,13,15-16,21H,7-12,14H2,1-3H3. The highest BCUT2D eigenvalue weighted by Crippen LogP contribution is 2.25. The fourth-order valence-corrected chi connectivity index (χ4v) is 3.50. The Morgan fingerprint density at radius 3 is 2.78 bits per heavy atom. The van der Waals surface area contributed by atoms with Crippen LogP contribution in [0.3, 0.4) is 0 Å². The molecule has 1 aromatic heterocycles. The molecule has 0 radical (unpaired) electrons. The van der Waals surface area contributed by atoms with Crippen molar-refractivity contribution in [2.45, 2.75) is 45.6 Å². The molecule has 0 saturated carbocycles. The number of hydrogen-bond acceptors (Lipinski definition) is 2. The van der Waals surface area contributed by atoms with Crippen molar-refractivity contribution in [1.82, 2.24) is 9.88 Å². The van der Waals surface area contributed by atoms with Gasteiger partial charge in [-0.25, -0.2) is 0 Å². The van der Waals surface area contributed by atoms with Gasteiger partial charge in [-0.05, 0) is 62.4 Å². The molecule has 2 aromatic rings. The number of nitrogens with one attached hydrogen (secondary N) is 1. The minimum atomic E-state index is 0.543. The Morgan fingerprint density at radius 2 is 2.04 bits per heavy atom. The van der Waals surface area contributed by atoms with Crippen LogP contribution in [0.2, 0.25) is 0 Å². The van der Waals surface area contributed by atoms with Crippen LogP contribution in [0, 0.1) is 5.92 Å². The summed E-state index contributed by atoms with van der Waals surface area (Å²) in [6, 6.07) is 8.96. The second-order valence-electron chi connectivity index (χ2n) is 7.34. The maximum absolute atomic E-state index is 5.45. The molecule has 1 aliphatic rings. The van der Waals surface area contributed by atoms with Crippen LogP contribution < -0.4 is 0 Å². The molecule has 1 aliphatic heterocycles. The summed E-state index contributed by atoms with van der Waals surface area (Å²) in [5.74, 6) is 1.39. The van der Waals surface area contributed by atoms with Crippen molar-refractivity contribution in [1.29, 1.82) is 0 Å². The molecule has 0 atom stereocenters. The molecule has 1 N–H and O–H groups in total. The smallest absolute Gasteiger partial charge is 0.0468 e. The van der Waals surface area contributed by atoms with E-state index in [9.17, 15) is 0 Å². The quantitative estimate of drug-likeness (QED) is 0.848. The van der Waals surface area contributed by atoms with Gasteiger partial charge < -0.3 is 14.6 Å². The van der Waals surface area contributed by atoms with E-state index in [-0.39, 0.29) is 0 Å². The average molecular weight is 314 g/mol. The Hall–Kier alpha value is -1.32.